The summed E-state index contributed by atoms with van der Waals surface area (Å²) in [6.07, 6.45) is 5.12. The van der Waals surface area contributed by atoms with Gasteiger partial charge in [0, 0.05) is 6.07 Å². The van der Waals surface area contributed by atoms with E-state index in [0.29, 0.717) is 0 Å². The second kappa shape index (κ2) is 7.55. The van der Waals surface area contributed by atoms with Crippen molar-refractivity contribution in [2.24, 2.45) is 7.05 Å². The summed E-state index contributed by atoms with van der Waals surface area (Å²) in [5, 5.41) is 4.37. The van der Waals surface area contributed by atoms with Gasteiger partial charge in [0.05, 0.1) is 19.0 Å². The fraction of sp³-hybridized carbons (Fsp3) is 0.500. The first-order chi connectivity index (χ1) is 14.7. The van der Waals surface area contributed by atoms with Gasteiger partial charge in [0.2, 0.25) is 5.69 Å². The van der Waals surface area contributed by atoms with E-state index in [0.717, 1.165) is 5.54 Å². The number of hydrogen-bond acceptors (Lipinski definition) is 0. The van der Waals surface area contributed by atoms with Gasteiger partial charge in [-0.25, -0.2) is 4.57 Å². The van der Waals surface area contributed by atoms with E-state index in [1.54, 1.807) is 5.19 Å². The minimum Gasteiger partial charge on any atom is -0.200 e. The molecule has 0 N–H and O–H groups in total. The van der Waals surface area contributed by atoms with Crippen molar-refractivity contribution in [1.82, 2.24) is 0 Å². The first-order valence-electron chi connectivity index (χ1n) is 12.3. The highest BCUT2D eigenvalue weighted by Crippen LogP contribution is 2.45. The van der Waals surface area contributed by atoms with E-state index in [2.05, 4.69) is 116 Å². The molecular weight excluding hydrogens is 402 g/mol. The minimum atomic E-state index is -1.36. The Hall–Kier alpha value is -1.93. The molecule has 1 aliphatic rings. The molecule has 1 fully saturated rings. The van der Waals surface area contributed by atoms with Crippen molar-refractivity contribution in [3.63, 3.8) is 0 Å². The predicted molar refractivity (Wildman–Crippen MR) is 143 cm³/mol. The van der Waals surface area contributed by atoms with E-state index in [1.165, 1.54) is 51.6 Å². The van der Waals surface area contributed by atoms with Gasteiger partial charge in [-0.15, -0.1) is 0 Å². The minimum absolute atomic E-state index is 0.107. The molecule has 0 unspecified atom stereocenters. The molecule has 2 heteroatoms. The van der Waals surface area contributed by atoms with Crippen molar-refractivity contribution in [2.45, 2.75) is 90.8 Å². The van der Waals surface area contributed by atoms with Gasteiger partial charge in [-0.2, -0.15) is 0 Å². The molecule has 2 aromatic carbocycles. The summed E-state index contributed by atoms with van der Waals surface area (Å²) in [6.45, 7) is 21.4. The molecule has 170 valence electrons. The maximum Gasteiger partial charge on any atom is 0.220 e. The Bertz CT molecular complexity index is 1180. The average molecular weight is 445 g/mol. The van der Waals surface area contributed by atoms with Crippen molar-refractivity contribution in [2.75, 3.05) is 0 Å². The van der Waals surface area contributed by atoms with Crippen molar-refractivity contribution in [1.29, 1.82) is 0 Å². The SMILES string of the molecule is Cc1c(-c2c3ccc([Si](C)(C)C4CC4)cc3cc[n+]2C)cc(C(C)(C)C)cc1C(C)(C)C. The Labute approximate surface area is 196 Å². The van der Waals surface area contributed by atoms with E-state index in [-0.39, 0.29) is 10.8 Å². The number of aryl methyl sites for hydroxylation is 1. The summed E-state index contributed by atoms with van der Waals surface area (Å²) in [5.74, 6) is 0. The number of hydrogen-bond donors (Lipinski definition) is 0. The maximum atomic E-state index is 2.56. The van der Waals surface area contributed by atoms with Crippen LogP contribution in [0.5, 0.6) is 0 Å². The van der Waals surface area contributed by atoms with E-state index < -0.39 is 8.07 Å². The number of benzene rings is 2. The van der Waals surface area contributed by atoms with Gasteiger partial charge in [-0.05, 0) is 57.5 Å². The van der Waals surface area contributed by atoms with Gasteiger partial charge in [-0.3, -0.25) is 0 Å². The quantitative estimate of drug-likeness (QED) is 0.294. The number of fused-ring (bicyclic) bond motifs is 1. The van der Waals surface area contributed by atoms with E-state index >= 15 is 0 Å². The summed E-state index contributed by atoms with van der Waals surface area (Å²) >= 11 is 0. The summed E-state index contributed by atoms with van der Waals surface area (Å²) in [4.78, 5) is 0. The number of pyridine rings is 1. The molecule has 1 aliphatic carbocycles. The molecule has 32 heavy (non-hydrogen) atoms. The van der Waals surface area contributed by atoms with Crippen molar-refractivity contribution in [3.05, 3.63) is 59.3 Å². The lowest BCUT2D eigenvalue weighted by molar-refractivity contribution is -0.659. The second-order valence-corrected chi connectivity index (χ2v) is 17.6. The van der Waals surface area contributed by atoms with Crippen LogP contribution >= 0.6 is 0 Å². The Morgan fingerprint density at radius 1 is 0.875 bits per heavy atom. The Morgan fingerprint density at radius 2 is 1.53 bits per heavy atom. The van der Waals surface area contributed by atoms with Crippen LogP contribution in [0.1, 0.15) is 71.1 Å². The molecule has 1 nitrogen and oxygen atoms in total. The van der Waals surface area contributed by atoms with E-state index in [9.17, 15) is 0 Å². The molecule has 0 atom stereocenters. The molecule has 1 aromatic heterocycles. The van der Waals surface area contributed by atoms with Crippen LogP contribution in [-0.4, -0.2) is 8.07 Å². The fourth-order valence-corrected chi connectivity index (χ4v) is 8.44. The summed E-state index contributed by atoms with van der Waals surface area (Å²) in [5.41, 5.74) is 8.19. The van der Waals surface area contributed by atoms with Crippen molar-refractivity contribution < 1.29 is 4.57 Å². The third kappa shape index (κ3) is 4.07. The lowest BCUT2D eigenvalue weighted by Gasteiger charge is -2.28. The summed E-state index contributed by atoms with van der Waals surface area (Å²) < 4.78 is 2.33. The molecule has 0 amide bonds. The maximum absolute atomic E-state index is 2.56. The van der Waals surface area contributed by atoms with Crippen LogP contribution in [0, 0.1) is 6.92 Å². The zero-order valence-electron chi connectivity index (χ0n) is 22.0. The van der Waals surface area contributed by atoms with Gasteiger partial charge in [-0.1, -0.05) is 90.9 Å². The molecule has 0 radical (unpaired) electrons. The monoisotopic (exact) mass is 444 g/mol. The highest BCUT2D eigenvalue weighted by Gasteiger charge is 2.41. The highest BCUT2D eigenvalue weighted by molar-refractivity contribution is 6.91. The molecule has 1 heterocycles. The highest BCUT2D eigenvalue weighted by atomic mass is 28.3. The van der Waals surface area contributed by atoms with Crippen molar-refractivity contribution >= 4 is 24.0 Å². The third-order valence-corrected chi connectivity index (χ3v) is 12.2. The largest absolute Gasteiger partial charge is 0.220 e. The van der Waals surface area contributed by atoms with Gasteiger partial charge >= 0.3 is 0 Å². The molecule has 0 saturated heterocycles. The molecule has 3 aromatic rings. The fourth-order valence-electron chi connectivity index (χ4n) is 5.32. The summed E-state index contributed by atoms with van der Waals surface area (Å²) in [7, 11) is 0.841. The topological polar surface area (TPSA) is 3.88 Å². The van der Waals surface area contributed by atoms with Crippen LogP contribution in [-0.2, 0) is 17.9 Å². The normalized spacial score (nSPS) is 15.4. The molecule has 0 spiro atoms. The van der Waals surface area contributed by atoms with Gasteiger partial charge in [0.25, 0.3) is 0 Å². The zero-order valence-corrected chi connectivity index (χ0v) is 23.0. The standard InChI is InChI=1S/C30H42NSi/c1-20-26(18-22(29(2,3)4)19-27(20)30(5,6)7)28-25-14-13-24(32(9,10)23-11-12-23)17-21(25)15-16-31(28)8/h13-19,23H,11-12H2,1-10H3/q+1. The molecule has 4 rings (SSSR count). The zero-order chi connectivity index (χ0) is 23.6. The molecule has 0 bridgehead atoms. The smallest absolute Gasteiger partial charge is 0.200 e. The predicted octanol–water partition coefficient (Wildman–Crippen LogP) is 7.31. The summed E-state index contributed by atoms with van der Waals surface area (Å²) in [6, 6.07) is 14.6. The van der Waals surface area contributed by atoms with Crippen LogP contribution in [0.3, 0.4) is 0 Å². The number of rotatable bonds is 3. The number of aromatic nitrogens is 1. The Morgan fingerprint density at radius 3 is 2.09 bits per heavy atom. The molecule has 0 aliphatic heterocycles. The lowest BCUT2D eigenvalue weighted by Crippen LogP contribution is -2.41. The number of nitrogens with zero attached hydrogens (tertiary/aromatic N) is 1. The van der Waals surface area contributed by atoms with Gasteiger partial charge in [0.1, 0.15) is 7.05 Å². The first kappa shape index (κ1) is 23.2. The van der Waals surface area contributed by atoms with Gasteiger partial charge in [0.15, 0.2) is 6.20 Å². The third-order valence-electron chi connectivity index (χ3n) is 7.82. The van der Waals surface area contributed by atoms with Crippen molar-refractivity contribution in [3.8, 4) is 11.3 Å². The van der Waals surface area contributed by atoms with E-state index in [1.807, 2.05) is 0 Å². The lowest BCUT2D eigenvalue weighted by atomic mass is 9.76. The van der Waals surface area contributed by atoms with Crippen LogP contribution in [0.4, 0.5) is 0 Å². The van der Waals surface area contributed by atoms with Crippen LogP contribution in [0.25, 0.3) is 22.0 Å². The average Bonchev–Trinajstić information content (AvgIpc) is 3.52. The van der Waals surface area contributed by atoms with E-state index in [4.69, 9.17) is 0 Å². The van der Waals surface area contributed by atoms with Gasteiger partial charge < -0.3 is 0 Å². The Balaban J connectivity index is 1.99. The Kier molecular flexibility index (Phi) is 5.48. The molecule has 1 saturated carbocycles. The second-order valence-electron chi connectivity index (χ2n) is 12.8. The van der Waals surface area contributed by atoms with Crippen LogP contribution in [0.2, 0.25) is 18.6 Å². The first-order valence-corrected chi connectivity index (χ1v) is 15.4. The molecular formula is C30H42NSi+. The van der Waals surface area contributed by atoms with Crippen LogP contribution in [0.15, 0.2) is 42.6 Å². The van der Waals surface area contributed by atoms with Crippen LogP contribution < -0.4 is 9.75 Å².